The van der Waals surface area contributed by atoms with Crippen molar-refractivity contribution in [1.82, 2.24) is 20.1 Å². The predicted octanol–water partition coefficient (Wildman–Crippen LogP) is 3.66. The highest BCUT2D eigenvalue weighted by Gasteiger charge is 2.31. The maximum absolute atomic E-state index is 12.3. The van der Waals surface area contributed by atoms with E-state index >= 15 is 0 Å². The second-order valence-electron chi connectivity index (χ2n) is 7.26. The molecule has 0 aliphatic heterocycles. The van der Waals surface area contributed by atoms with Crippen LogP contribution in [-0.2, 0) is 11.2 Å². The Hall–Kier alpha value is -1.34. The Morgan fingerprint density at radius 2 is 2.21 bits per heavy atom. The summed E-state index contributed by atoms with van der Waals surface area (Å²) in [7, 11) is 0. The lowest BCUT2D eigenvalue weighted by Crippen LogP contribution is -2.44. The first-order valence-electron chi connectivity index (χ1n) is 8.28. The SMILES string of the molecule is C[C@H](Sc1nnc(Cc2cccs2)n1C1CC1)C(=O)NC(C)(C)C. The molecule has 2 aromatic rings. The Balaban J connectivity index is 1.74. The third kappa shape index (κ3) is 4.39. The van der Waals surface area contributed by atoms with Crippen LogP contribution in [0.4, 0.5) is 0 Å². The van der Waals surface area contributed by atoms with Crippen LogP contribution in [0.5, 0.6) is 0 Å². The molecule has 0 spiro atoms. The maximum atomic E-state index is 12.3. The molecule has 3 rings (SSSR count). The van der Waals surface area contributed by atoms with Gasteiger partial charge in [0.1, 0.15) is 5.82 Å². The molecular formula is C17H24N4OS2. The number of carbonyl (C=O) groups excluding carboxylic acids is 1. The molecule has 1 atom stereocenters. The molecule has 2 heterocycles. The summed E-state index contributed by atoms with van der Waals surface area (Å²) in [4.78, 5) is 13.6. The molecule has 0 radical (unpaired) electrons. The van der Waals surface area contributed by atoms with Gasteiger partial charge in [-0.25, -0.2) is 0 Å². The fourth-order valence-electron chi connectivity index (χ4n) is 2.46. The summed E-state index contributed by atoms with van der Waals surface area (Å²) in [5, 5.41) is 14.6. The molecule has 0 saturated heterocycles. The third-order valence-electron chi connectivity index (χ3n) is 3.71. The lowest BCUT2D eigenvalue weighted by Gasteiger charge is -2.23. The van der Waals surface area contributed by atoms with Gasteiger partial charge in [0.25, 0.3) is 0 Å². The number of nitrogens with one attached hydrogen (secondary N) is 1. The fourth-order valence-corrected chi connectivity index (χ4v) is 4.10. The van der Waals surface area contributed by atoms with E-state index in [0.717, 1.165) is 17.4 Å². The smallest absolute Gasteiger partial charge is 0.233 e. The zero-order valence-corrected chi connectivity index (χ0v) is 16.2. The first-order chi connectivity index (χ1) is 11.3. The topological polar surface area (TPSA) is 59.8 Å². The molecule has 1 saturated carbocycles. The van der Waals surface area contributed by atoms with Crippen LogP contribution in [0.2, 0.25) is 0 Å². The lowest BCUT2D eigenvalue weighted by atomic mass is 10.1. The summed E-state index contributed by atoms with van der Waals surface area (Å²) < 4.78 is 2.24. The van der Waals surface area contributed by atoms with Crippen LogP contribution in [0, 0.1) is 0 Å². The van der Waals surface area contributed by atoms with Gasteiger partial charge in [0.2, 0.25) is 5.91 Å². The van der Waals surface area contributed by atoms with Gasteiger partial charge >= 0.3 is 0 Å². The number of amides is 1. The minimum absolute atomic E-state index is 0.0395. The molecule has 7 heteroatoms. The van der Waals surface area contributed by atoms with E-state index in [1.807, 2.05) is 27.7 Å². The predicted molar refractivity (Wildman–Crippen MR) is 98.6 cm³/mol. The van der Waals surface area contributed by atoms with Gasteiger partial charge in [0, 0.05) is 22.9 Å². The van der Waals surface area contributed by atoms with E-state index in [9.17, 15) is 4.79 Å². The van der Waals surface area contributed by atoms with Crippen molar-refractivity contribution >= 4 is 29.0 Å². The van der Waals surface area contributed by atoms with Gasteiger partial charge in [0.15, 0.2) is 5.16 Å². The Kier molecular flexibility index (Phi) is 5.01. The van der Waals surface area contributed by atoms with E-state index in [-0.39, 0.29) is 16.7 Å². The summed E-state index contributed by atoms with van der Waals surface area (Å²) in [5.41, 5.74) is -0.222. The van der Waals surface area contributed by atoms with Crippen LogP contribution < -0.4 is 5.32 Å². The Bertz CT molecular complexity index is 699. The summed E-state index contributed by atoms with van der Waals surface area (Å²) in [6.07, 6.45) is 3.15. The van der Waals surface area contributed by atoms with Crippen molar-refractivity contribution in [1.29, 1.82) is 0 Å². The lowest BCUT2D eigenvalue weighted by molar-refractivity contribution is -0.121. The van der Waals surface area contributed by atoms with Crippen LogP contribution >= 0.6 is 23.1 Å². The summed E-state index contributed by atoms with van der Waals surface area (Å²) >= 11 is 3.24. The number of nitrogens with zero attached hydrogens (tertiary/aromatic N) is 3. The molecule has 2 aromatic heterocycles. The quantitative estimate of drug-likeness (QED) is 0.795. The number of hydrogen-bond acceptors (Lipinski definition) is 5. The molecule has 1 aliphatic carbocycles. The van der Waals surface area contributed by atoms with Crippen molar-refractivity contribution in [3.63, 3.8) is 0 Å². The van der Waals surface area contributed by atoms with Crippen LogP contribution in [0.3, 0.4) is 0 Å². The molecular weight excluding hydrogens is 340 g/mol. The van der Waals surface area contributed by atoms with Crippen molar-refractivity contribution in [2.24, 2.45) is 0 Å². The zero-order chi connectivity index (χ0) is 17.3. The highest BCUT2D eigenvalue weighted by molar-refractivity contribution is 8.00. The van der Waals surface area contributed by atoms with Gasteiger partial charge in [-0.2, -0.15) is 0 Å². The van der Waals surface area contributed by atoms with E-state index in [1.54, 1.807) is 11.3 Å². The fraction of sp³-hybridized carbons (Fsp3) is 0.588. The molecule has 1 fully saturated rings. The van der Waals surface area contributed by atoms with Crippen LogP contribution in [0.15, 0.2) is 22.7 Å². The van der Waals surface area contributed by atoms with Gasteiger partial charge in [0.05, 0.1) is 5.25 Å². The second kappa shape index (κ2) is 6.88. The van der Waals surface area contributed by atoms with Crippen LogP contribution in [0.1, 0.15) is 57.3 Å². The summed E-state index contributed by atoms with van der Waals surface area (Å²) in [6, 6.07) is 4.69. The number of thioether (sulfide) groups is 1. The van der Waals surface area contributed by atoms with Gasteiger partial charge < -0.3 is 9.88 Å². The van der Waals surface area contributed by atoms with Gasteiger partial charge in [-0.1, -0.05) is 17.8 Å². The average molecular weight is 365 g/mol. The molecule has 1 aliphatic rings. The Morgan fingerprint density at radius 3 is 2.79 bits per heavy atom. The van der Waals surface area contributed by atoms with Crippen molar-refractivity contribution in [2.75, 3.05) is 0 Å². The molecule has 130 valence electrons. The van der Waals surface area contributed by atoms with E-state index in [4.69, 9.17) is 0 Å². The molecule has 1 N–H and O–H groups in total. The molecule has 1 amide bonds. The van der Waals surface area contributed by atoms with Gasteiger partial charge in [-0.05, 0) is 52.0 Å². The molecule has 24 heavy (non-hydrogen) atoms. The highest BCUT2D eigenvalue weighted by Crippen LogP contribution is 2.40. The number of aromatic nitrogens is 3. The van der Waals surface area contributed by atoms with Crippen LogP contribution in [-0.4, -0.2) is 31.5 Å². The standard InChI is InChI=1S/C17H24N4OS2/c1-11(15(22)18-17(2,3)4)24-16-20-19-14(21(16)12-7-8-12)10-13-6-5-9-23-13/h5-6,9,11-12H,7-8,10H2,1-4H3,(H,18,22)/t11-/m0/s1. The molecule has 5 nitrogen and oxygen atoms in total. The third-order valence-corrected chi connectivity index (χ3v) is 5.64. The Morgan fingerprint density at radius 1 is 1.46 bits per heavy atom. The number of rotatable bonds is 6. The summed E-state index contributed by atoms with van der Waals surface area (Å²) in [5.74, 6) is 1.04. The number of thiophene rings is 1. The number of carbonyl (C=O) groups is 1. The van der Waals surface area contributed by atoms with Crippen molar-refractivity contribution in [3.8, 4) is 0 Å². The first kappa shape index (κ1) is 17.5. The molecule has 0 unspecified atom stereocenters. The normalized spacial score (nSPS) is 16.2. The molecule has 0 bridgehead atoms. The minimum atomic E-state index is -0.222. The Labute approximate surface area is 151 Å². The largest absolute Gasteiger partial charge is 0.351 e. The van der Waals surface area contributed by atoms with Crippen molar-refractivity contribution in [3.05, 3.63) is 28.2 Å². The van der Waals surface area contributed by atoms with Crippen molar-refractivity contribution < 1.29 is 4.79 Å². The average Bonchev–Trinajstić information content (AvgIpc) is 3.03. The van der Waals surface area contributed by atoms with Gasteiger partial charge in [-0.3, -0.25) is 4.79 Å². The monoisotopic (exact) mass is 364 g/mol. The summed E-state index contributed by atoms with van der Waals surface area (Å²) in [6.45, 7) is 7.91. The first-order valence-corrected chi connectivity index (χ1v) is 10.0. The minimum Gasteiger partial charge on any atom is -0.351 e. The maximum Gasteiger partial charge on any atom is 0.233 e. The highest BCUT2D eigenvalue weighted by atomic mass is 32.2. The van der Waals surface area contributed by atoms with E-state index in [2.05, 4.69) is 37.6 Å². The van der Waals surface area contributed by atoms with E-state index in [1.165, 1.54) is 29.5 Å². The van der Waals surface area contributed by atoms with E-state index in [0.29, 0.717) is 6.04 Å². The molecule has 0 aromatic carbocycles. The van der Waals surface area contributed by atoms with Gasteiger partial charge in [-0.15, -0.1) is 21.5 Å². The zero-order valence-electron chi connectivity index (χ0n) is 14.6. The van der Waals surface area contributed by atoms with Crippen molar-refractivity contribution in [2.45, 2.75) is 68.9 Å². The second-order valence-corrected chi connectivity index (χ2v) is 9.60. The van der Waals surface area contributed by atoms with Crippen LogP contribution in [0.25, 0.3) is 0 Å². The number of hydrogen-bond donors (Lipinski definition) is 1. The van der Waals surface area contributed by atoms with E-state index < -0.39 is 0 Å².